The van der Waals surface area contributed by atoms with Crippen molar-refractivity contribution in [3.8, 4) is 17.2 Å². The molecule has 27 heavy (non-hydrogen) atoms. The molecule has 148 valence electrons. The van der Waals surface area contributed by atoms with Crippen LogP contribution in [-0.4, -0.2) is 61.6 Å². The first-order chi connectivity index (χ1) is 12.9. The minimum absolute atomic E-state index is 0.223. The van der Waals surface area contributed by atoms with E-state index >= 15 is 0 Å². The van der Waals surface area contributed by atoms with Gasteiger partial charge in [-0.2, -0.15) is 4.31 Å². The van der Waals surface area contributed by atoms with Crippen molar-refractivity contribution in [3.63, 3.8) is 0 Å². The van der Waals surface area contributed by atoms with Crippen LogP contribution in [0.15, 0.2) is 28.7 Å². The first-order valence-corrected chi connectivity index (χ1v) is 10.8. The standard InChI is InChI=1S/C19H27N3O4S/c1-4-13-27(23,24)22-11-9-21(10-12-22)14-18-15(2)26-19(20-18)16-5-7-17(25-3)8-6-16/h5-8H,4,9-14H2,1-3H3. The minimum Gasteiger partial charge on any atom is -0.497 e. The maximum atomic E-state index is 12.2. The van der Waals surface area contributed by atoms with Crippen LogP contribution in [-0.2, 0) is 16.6 Å². The molecule has 1 saturated heterocycles. The molecular weight excluding hydrogens is 366 g/mol. The van der Waals surface area contributed by atoms with Crippen LogP contribution in [0.4, 0.5) is 0 Å². The number of ether oxygens (including phenoxy) is 1. The lowest BCUT2D eigenvalue weighted by Crippen LogP contribution is -2.48. The highest BCUT2D eigenvalue weighted by molar-refractivity contribution is 7.89. The molecule has 0 aliphatic carbocycles. The maximum Gasteiger partial charge on any atom is 0.226 e. The second-order valence-corrected chi connectivity index (χ2v) is 8.83. The number of aromatic nitrogens is 1. The number of benzene rings is 1. The van der Waals surface area contributed by atoms with Crippen molar-refractivity contribution in [2.75, 3.05) is 39.0 Å². The fourth-order valence-corrected chi connectivity index (χ4v) is 4.69. The molecule has 8 heteroatoms. The average molecular weight is 394 g/mol. The van der Waals surface area contributed by atoms with Crippen LogP contribution >= 0.6 is 0 Å². The zero-order valence-electron chi connectivity index (χ0n) is 16.1. The molecule has 0 atom stereocenters. The summed E-state index contributed by atoms with van der Waals surface area (Å²) < 4.78 is 37.0. The third kappa shape index (κ3) is 4.69. The smallest absolute Gasteiger partial charge is 0.226 e. The number of piperazine rings is 1. The van der Waals surface area contributed by atoms with Crippen LogP contribution in [0.5, 0.6) is 5.75 Å². The molecule has 0 spiro atoms. The Morgan fingerprint density at radius 1 is 1.15 bits per heavy atom. The lowest BCUT2D eigenvalue weighted by Gasteiger charge is -2.33. The van der Waals surface area contributed by atoms with Crippen LogP contribution in [0.25, 0.3) is 11.5 Å². The van der Waals surface area contributed by atoms with E-state index < -0.39 is 10.0 Å². The Balaban J connectivity index is 1.63. The molecule has 1 aliphatic heterocycles. The number of aryl methyl sites for hydroxylation is 1. The molecule has 1 fully saturated rings. The van der Waals surface area contributed by atoms with Gasteiger partial charge in [-0.05, 0) is 37.6 Å². The summed E-state index contributed by atoms with van der Waals surface area (Å²) in [5.74, 6) is 2.40. The Morgan fingerprint density at radius 2 is 1.81 bits per heavy atom. The van der Waals surface area contributed by atoms with Gasteiger partial charge < -0.3 is 9.15 Å². The van der Waals surface area contributed by atoms with Crippen LogP contribution in [0.2, 0.25) is 0 Å². The fraction of sp³-hybridized carbons (Fsp3) is 0.526. The van der Waals surface area contributed by atoms with Crippen molar-refractivity contribution in [2.45, 2.75) is 26.8 Å². The van der Waals surface area contributed by atoms with Gasteiger partial charge in [0.05, 0.1) is 18.6 Å². The van der Waals surface area contributed by atoms with Crippen molar-refractivity contribution in [2.24, 2.45) is 0 Å². The summed E-state index contributed by atoms with van der Waals surface area (Å²) in [5.41, 5.74) is 1.80. The summed E-state index contributed by atoms with van der Waals surface area (Å²) in [6.07, 6.45) is 0.648. The summed E-state index contributed by atoms with van der Waals surface area (Å²) in [6, 6.07) is 7.60. The molecular formula is C19H27N3O4S. The Morgan fingerprint density at radius 3 is 2.41 bits per heavy atom. The highest BCUT2D eigenvalue weighted by Gasteiger charge is 2.27. The van der Waals surface area contributed by atoms with Gasteiger partial charge in [0, 0.05) is 38.3 Å². The number of oxazole rings is 1. The Bertz CT molecular complexity index is 854. The topological polar surface area (TPSA) is 75.9 Å². The molecule has 2 heterocycles. The first-order valence-electron chi connectivity index (χ1n) is 9.24. The monoisotopic (exact) mass is 393 g/mol. The molecule has 3 rings (SSSR count). The Kier molecular flexibility index (Phi) is 6.18. The number of rotatable bonds is 7. The number of hydrogen-bond acceptors (Lipinski definition) is 6. The van der Waals surface area contributed by atoms with Gasteiger partial charge in [-0.25, -0.2) is 13.4 Å². The Labute approximate surface area is 161 Å². The van der Waals surface area contributed by atoms with E-state index in [1.165, 1.54) is 0 Å². The predicted molar refractivity (Wildman–Crippen MR) is 104 cm³/mol. The fourth-order valence-electron chi connectivity index (χ4n) is 3.20. The van der Waals surface area contributed by atoms with Crippen molar-refractivity contribution in [1.29, 1.82) is 0 Å². The van der Waals surface area contributed by atoms with Crippen molar-refractivity contribution >= 4 is 10.0 Å². The normalized spacial score (nSPS) is 16.6. The third-order valence-corrected chi connectivity index (χ3v) is 6.87. The number of methoxy groups -OCH3 is 1. The zero-order chi connectivity index (χ0) is 19.4. The lowest BCUT2D eigenvalue weighted by molar-refractivity contribution is 0.179. The number of sulfonamides is 1. The molecule has 1 aromatic heterocycles. The van der Waals surface area contributed by atoms with Crippen LogP contribution in [0, 0.1) is 6.92 Å². The average Bonchev–Trinajstić information content (AvgIpc) is 3.03. The molecule has 0 amide bonds. The molecule has 7 nitrogen and oxygen atoms in total. The van der Waals surface area contributed by atoms with E-state index in [0.29, 0.717) is 45.0 Å². The van der Waals surface area contributed by atoms with Gasteiger partial charge in [-0.15, -0.1) is 0 Å². The second kappa shape index (κ2) is 8.41. The quantitative estimate of drug-likeness (QED) is 0.719. The van der Waals surface area contributed by atoms with Gasteiger partial charge in [0.1, 0.15) is 11.5 Å². The number of hydrogen-bond donors (Lipinski definition) is 0. The van der Waals surface area contributed by atoms with Gasteiger partial charge in [-0.3, -0.25) is 4.90 Å². The maximum absolute atomic E-state index is 12.2. The molecule has 0 N–H and O–H groups in total. The highest BCUT2D eigenvalue weighted by Crippen LogP contribution is 2.25. The van der Waals surface area contributed by atoms with E-state index in [9.17, 15) is 8.42 Å². The van der Waals surface area contributed by atoms with Crippen molar-refractivity contribution in [3.05, 3.63) is 35.7 Å². The first kappa shape index (κ1) is 19.9. The zero-order valence-corrected chi connectivity index (χ0v) is 17.0. The summed E-state index contributed by atoms with van der Waals surface area (Å²) in [5, 5.41) is 0. The van der Waals surface area contributed by atoms with E-state index in [-0.39, 0.29) is 5.75 Å². The van der Waals surface area contributed by atoms with Crippen LogP contribution < -0.4 is 4.74 Å². The van der Waals surface area contributed by atoms with E-state index in [1.807, 2.05) is 38.1 Å². The van der Waals surface area contributed by atoms with E-state index in [1.54, 1.807) is 11.4 Å². The summed E-state index contributed by atoms with van der Waals surface area (Å²) in [6.45, 7) is 6.93. The van der Waals surface area contributed by atoms with E-state index in [2.05, 4.69) is 9.88 Å². The van der Waals surface area contributed by atoms with E-state index in [4.69, 9.17) is 9.15 Å². The van der Waals surface area contributed by atoms with Gasteiger partial charge in [0.25, 0.3) is 0 Å². The molecule has 0 saturated carbocycles. The summed E-state index contributed by atoms with van der Waals surface area (Å²) in [4.78, 5) is 6.87. The van der Waals surface area contributed by atoms with Gasteiger partial charge in [0.15, 0.2) is 0 Å². The largest absolute Gasteiger partial charge is 0.497 e. The van der Waals surface area contributed by atoms with Crippen molar-refractivity contribution < 1.29 is 17.6 Å². The van der Waals surface area contributed by atoms with Crippen molar-refractivity contribution in [1.82, 2.24) is 14.2 Å². The SMILES string of the molecule is CCCS(=O)(=O)N1CCN(Cc2nc(-c3ccc(OC)cc3)oc2C)CC1. The molecule has 1 aliphatic rings. The molecule has 0 radical (unpaired) electrons. The Hall–Kier alpha value is -1.90. The molecule has 0 unspecified atom stereocenters. The van der Waals surface area contributed by atoms with Gasteiger partial charge >= 0.3 is 0 Å². The van der Waals surface area contributed by atoms with Gasteiger partial charge in [-0.1, -0.05) is 6.92 Å². The third-order valence-electron chi connectivity index (χ3n) is 4.79. The number of nitrogens with zero attached hydrogens (tertiary/aromatic N) is 3. The molecule has 0 bridgehead atoms. The molecule has 1 aromatic carbocycles. The highest BCUT2D eigenvalue weighted by atomic mass is 32.2. The summed E-state index contributed by atoms with van der Waals surface area (Å²) >= 11 is 0. The second-order valence-electron chi connectivity index (χ2n) is 6.74. The van der Waals surface area contributed by atoms with Crippen LogP contribution in [0.3, 0.4) is 0 Å². The minimum atomic E-state index is -3.11. The van der Waals surface area contributed by atoms with Crippen LogP contribution in [0.1, 0.15) is 24.8 Å². The molecule has 2 aromatic rings. The van der Waals surface area contributed by atoms with Gasteiger partial charge in [0.2, 0.25) is 15.9 Å². The predicted octanol–water partition coefficient (Wildman–Crippen LogP) is 2.52. The van der Waals surface area contributed by atoms with E-state index in [0.717, 1.165) is 22.8 Å². The lowest BCUT2D eigenvalue weighted by atomic mass is 10.2. The summed E-state index contributed by atoms with van der Waals surface area (Å²) in [7, 11) is -1.48.